The molecule has 0 spiro atoms. The first kappa shape index (κ1) is 15.4. The summed E-state index contributed by atoms with van der Waals surface area (Å²) in [5, 5.41) is 6.89. The van der Waals surface area contributed by atoms with Crippen molar-refractivity contribution in [1.29, 1.82) is 0 Å². The quantitative estimate of drug-likeness (QED) is 0.942. The van der Waals surface area contributed by atoms with E-state index in [1.165, 1.54) is 0 Å². The number of nitrogens with one attached hydrogen (secondary N) is 1. The Kier molecular flexibility index (Phi) is 4.26. The number of aromatic nitrogens is 4. The lowest BCUT2D eigenvalue weighted by atomic mass is 10.2. The number of aryl methyl sites for hydroxylation is 1. The SMILES string of the molecule is Cc1nc(-n2cc(C(F)(F)F)cn2)ncc1CNC(C)C. The maximum absolute atomic E-state index is 12.5. The lowest BCUT2D eigenvalue weighted by Gasteiger charge is -2.10. The Morgan fingerprint density at radius 2 is 2.00 bits per heavy atom. The highest BCUT2D eigenvalue weighted by Gasteiger charge is 2.32. The van der Waals surface area contributed by atoms with E-state index in [4.69, 9.17) is 0 Å². The smallest absolute Gasteiger partial charge is 0.310 e. The summed E-state index contributed by atoms with van der Waals surface area (Å²) in [5.41, 5.74) is 0.780. The van der Waals surface area contributed by atoms with Gasteiger partial charge in [0, 0.05) is 36.2 Å². The zero-order chi connectivity index (χ0) is 15.6. The molecule has 21 heavy (non-hydrogen) atoms. The van der Waals surface area contributed by atoms with E-state index in [1.54, 1.807) is 13.1 Å². The number of alkyl halides is 3. The van der Waals surface area contributed by atoms with E-state index in [0.717, 1.165) is 22.6 Å². The van der Waals surface area contributed by atoms with Gasteiger partial charge in [0.15, 0.2) is 0 Å². The zero-order valence-electron chi connectivity index (χ0n) is 11.9. The number of hydrogen-bond acceptors (Lipinski definition) is 4. The molecule has 0 aliphatic heterocycles. The largest absolute Gasteiger partial charge is 0.419 e. The second kappa shape index (κ2) is 5.80. The van der Waals surface area contributed by atoms with Crippen molar-refractivity contribution in [2.75, 3.05) is 0 Å². The predicted molar refractivity (Wildman–Crippen MR) is 70.9 cm³/mol. The minimum absolute atomic E-state index is 0.122. The molecule has 0 saturated heterocycles. The molecule has 2 heterocycles. The molecule has 8 heteroatoms. The lowest BCUT2D eigenvalue weighted by Crippen LogP contribution is -2.22. The summed E-state index contributed by atoms with van der Waals surface area (Å²) in [4.78, 5) is 8.26. The fourth-order valence-electron chi connectivity index (χ4n) is 1.66. The maximum Gasteiger partial charge on any atom is 0.419 e. The Morgan fingerprint density at radius 1 is 1.29 bits per heavy atom. The lowest BCUT2D eigenvalue weighted by molar-refractivity contribution is -0.137. The summed E-state index contributed by atoms with van der Waals surface area (Å²) < 4.78 is 38.6. The van der Waals surface area contributed by atoms with Gasteiger partial charge in [0.25, 0.3) is 5.95 Å². The first-order valence-corrected chi connectivity index (χ1v) is 6.45. The van der Waals surface area contributed by atoms with Crippen molar-refractivity contribution >= 4 is 0 Å². The number of rotatable bonds is 4. The van der Waals surface area contributed by atoms with Crippen molar-refractivity contribution in [2.24, 2.45) is 0 Å². The Hall–Kier alpha value is -1.96. The van der Waals surface area contributed by atoms with Crippen LogP contribution >= 0.6 is 0 Å². The molecule has 0 aromatic carbocycles. The molecule has 0 aliphatic carbocycles. The van der Waals surface area contributed by atoms with Gasteiger partial charge in [0.05, 0.1) is 11.8 Å². The van der Waals surface area contributed by atoms with Gasteiger partial charge in [-0.15, -0.1) is 0 Å². The molecule has 114 valence electrons. The first-order chi connectivity index (χ1) is 9.77. The third-order valence-electron chi connectivity index (χ3n) is 2.88. The highest BCUT2D eigenvalue weighted by atomic mass is 19.4. The molecule has 0 amide bonds. The van der Waals surface area contributed by atoms with Crippen molar-refractivity contribution in [1.82, 2.24) is 25.1 Å². The van der Waals surface area contributed by atoms with Gasteiger partial charge in [-0.2, -0.15) is 18.3 Å². The molecule has 0 atom stereocenters. The monoisotopic (exact) mass is 299 g/mol. The highest BCUT2D eigenvalue weighted by molar-refractivity contribution is 5.23. The molecule has 0 radical (unpaired) electrons. The molecule has 1 N–H and O–H groups in total. The predicted octanol–water partition coefficient (Wildman–Crippen LogP) is 2.49. The van der Waals surface area contributed by atoms with Crippen LogP contribution in [0.15, 0.2) is 18.6 Å². The van der Waals surface area contributed by atoms with Gasteiger partial charge in [0.1, 0.15) is 0 Å². The van der Waals surface area contributed by atoms with E-state index >= 15 is 0 Å². The van der Waals surface area contributed by atoms with Crippen molar-refractivity contribution < 1.29 is 13.2 Å². The van der Waals surface area contributed by atoms with Gasteiger partial charge >= 0.3 is 6.18 Å². The Morgan fingerprint density at radius 3 is 2.52 bits per heavy atom. The molecule has 5 nitrogen and oxygen atoms in total. The summed E-state index contributed by atoms with van der Waals surface area (Å²) in [6, 6.07) is 0.324. The standard InChI is InChI=1S/C13H16F3N5/c1-8(2)17-4-10-5-18-12(20-9(10)3)21-7-11(6-19-21)13(14,15)16/h5-8,17H,4H2,1-3H3. The average Bonchev–Trinajstić information content (AvgIpc) is 2.86. The van der Waals surface area contributed by atoms with E-state index in [0.29, 0.717) is 18.3 Å². The van der Waals surface area contributed by atoms with E-state index < -0.39 is 11.7 Å². The second-order valence-electron chi connectivity index (χ2n) is 4.99. The zero-order valence-corrected chi connectivity index (χ0v) is 11.9. The van der Waals surface area contributed by atoms with Gasteiger partial charge in [-0.1, -0.05) is 13.8 Å². The van der Waals surface area contributed by atoms with Gasteiger partial charge in [-0.3, -0.25) is 0 Å². The van der Waals surface area contributed by atoms with Crippen LogP contribution in [0.2, 0.25) is 0 Å². The Bertz CT molecular complexity index is 619. The number of halogens is 3. The molecule has 2 rings (SSSR count). The van der Waals surface area contributed by atoms with Crippen LogP contribution in [0.25, 0.3) is 5.95 Å². The number of nitrogens with zero attached hydrogens (tertiary/aromatic N) is 4. The minimum Gasteiger partial charge on any atom is -0.310 e. The van der Waals surface area contributed by atoms with Gasteiger partial charge in [-0.05, 0) is 6.92 Å². The fourth-order valence-corrected chi connectivity index (χ4v) is 1.66. The summed E-state index contributed by atoms with van der Waals surface area (Å²) >= 11 is 0. The summed E-state index contributed by atoms with van der Waals surface area (Å²) in [6.07, 6.45) is -1.19. The van der Waals surface area contributed by atoms with Crippen LogP contribution in [-0.2, 0) is 12.7 Å². The molecule has 2 aromatic rings. The molecule has 0 aliphatic rings. The van der Waals surface area contributed by atoms with Gasteiger partial charge < -0.3 is 5.32 Å². The number of hydrogen-bond donors (Lipinski definition) is 1. The first-order valence-electron chi connectivity index (χ1n) is 6.45. The maximum atomic E-state index is 12.5. The highest BCUT2D eigenvalue weighted by Crippen LogP contribution is 2.28. The third-order valence-corrected chi connectivity index (χ3v) is 2.88. The van der Waals surface area contributed by atoms with Crippen LogP contribution in [0.4, 0.5) is 13.2 Å². The van der Waals surface area contributed by atoms with Crippen LogP contribution in [0.3, 0.4) is 0 Å². The van der Waals surface area contributed by atoms with Crippen LogP contribution in [0.1, 0.15) is 30.7 Å². The van der Waals surface area contributed by atoms with Crippen molar-refractivity contribution in [2.45, 2.75) is 39.5 Å². The molecule has 2 aromatic heterocycles. The topological polar surface area (TPSA) is 55.6 Å². The molecule has 0 unspecified atom stereocenters. The summed E-state index contributed by atoms with van der Waals surface area (Å²) in [5.74, 6) is 0.122. The summed E-state index contributed by atoms with van der Waals surface area (Å²) in [7, 11) is 0. The van der Waals surface area contributed by atoms with Crippen LogP contribution < -0.4 is 5.32 Å². The Labute approximate surface area is 120 Å². The normalized spacial score (nSPS) is 12.1. The van der Waals surface area contributed by atoms with Crippen LogP contribution in [-0.4, -0.2) is 25.8 Å². The van der Waals surface area contributed by atoms with E-state index in [9.17, 15) is 13.2 Å². The molecule has 0 saturated carbocycles. The fraction of sp³-hybridized carbons (Fsp3) is 0.462. The average molecular weight is 299 g/mol. The van der Waals surface area contributed by atoms with Gasteiger partial charge in [-0.25, -0.2) is 14.6 Å². The molecule has 0 fully saturated rings. The van der Waals surface area contributed by atoms with E-state index in [-0.39, 0.29) is 5.95 Å². The molecular weight excluding hydrogens is 283 g/mol. The minimum atomic E-state index is -4.42. The van der Waals surface area contributed by atoms with Crippen molar-refractivity contribution in [3.05, 3.63) is 35.4 Å². The van der Waals surface area contributed by atoms with Crippen molar-refractivity contribution in [3.8, 4) is 5.95 Å². The summed E-state index contributed by atoms with van der Waals surface area (Å²) in [6.45, 7) is 6.44. The Balaban J connectivity index is 2.22. The molecular formula is C13H16F3N5. The second-order valence-corrected chi connectivity index (χ2v) is 4.99. The van der Waals surface area contributed by atoms with E-state index in [1.807, 2.05) is 13.8 Å². The van der Waals surface area contributed by atoms with Crippen LogP contribution in [0, 0.1) is 6.92 Å². The molecule has 0 bridgehead atoms. The van der Waals surface area contributed by atoms with E-state index in [2.05, 4.69) is 20.4 Å². The van der Waals surface area contributed by atoms with Crippen LogP contribution in [0.5, 0.6) is 0 Å². The van der Waals surface area contributed by atoms with Gasteiger partial charge in [0.2, 0.25) is 0 Å². The third kappa shape index (κ3) is 3.78. The van der Waals surface area contributed by atoms with Crippen molar-refractivity contribution in [3.63, 3.8) is 0 Å².